The van der Waals surface area contributed by atoms with Crippen LogP contribution in [0.15, 0.2) is 55.0 Å². The Labute approximate surface area is 186 Å². The first kappa shape index (κ1) is 20.0. The van der Waals surface area contributed by atoms with Crippen molar-refractivity contribution in [3.63, 3.8) is 0 Å². The summed E-state index contributed by atoms with van der Waals surface area (Å²) in [6, 6.07) is 15.0. The third-order valence-corrected chi connectivity index (χ3v) is 5.75. The molecule has 7 nitrogen and oxygen atoms in total. The Bertz CT molecular complexity index is 1280. The second kappa shape index (κ2) is 8.31. The van der Waals surface area contributed by atoms with E-state index in [1.165, 1.54) is 6.42 Å². The summed E-state index contributed by atoms with van der Waals surface area (Å²) in [6.07, 6.45) is 8.52. The molecular formula is C25H24N6O. The number of hydrogen-bond donors (Lipinski definition) is 1. The van der Waals surface area contributed by atoms with Gasteiger partial charge in [-0.1, -0.05) is 0 Å². The Hall–Kier alpha value is -3.92. The van der Waals surface area contributed by atoms with Gasteiger partial charge in [0, 0.05) is 47.7 Å². The van der Waals surface area contributed by atoms with Gasteiger partial charge in [-0.2, -0.15) is 5.26 Å². The molecule has 1 aromatic carbocycles. The van der Waals surface area contributed by atoms with Gasteiger partial charge >= 0.3 is 6.01 Å². The van der Waals surface area contributed by atoms with E-state index in [4.69, 9.17) is 4.74 Å². The maximum Gasteiger partial charge on any atom is 0.321 e. The molecule has 5 rings (SSSR count). The Morgan fingerprint density at radius 2 is 1.94 bits per heavy atom. The third-order valence-electron chi connectivity index (χ3n) is 5.75. The zero-order chi connectivity index (χ0) is 22.1. The topological polar surface area (TPSA) is 88.6 Å². The van der Waals surface area contributed by atoms with Crippen molar-refractivity contribution in [2.75, 3.05) is 5.32 Å². The number of fused-ring (bicyclic) bond motifs is 1. The number of rotatable bonds is 6. The molecule has 32 heavy (non-hydrogen) atoms. The summed E-state index contributed by atoms with van der Waals surface area (Å²) < 4.78 is 8.17. The second-order valence-corrected chi connectivity index (χ2v) is 8.33. The summed E-state index contributed by atoms with van der Waals surface area (Å²) in [6.45, 7) is 4.16. The largest absolute Gasteiger partial charge is 0.424 e. The van der Waals surface area contributed by atoms with E-state index in [1.807, 2.05) is 36.5 Å². The van der Waals surface area contributed by atoms with E-state index < -0.39 is 0 Å². The number of pyridine rings is 1. The quantitative estimate of drug-likeness (QED) is 0.427. The van der Waals surface area contributed by atoms with Crippen molar-refractivity contribution >= 4 is 16.7 Å². The molecule has 3 aromatic heterocycles. The molecule has 0 bridgehead atoms. The van der Waals surface area contributed by atoms with Crippen LogP contribution < -0.4 is 10.1 Å². The molecule has 0 radical (unpaired) electrons. The fourth-order valence-electron chi connectivity index (χ4n) is 4.13. The molecule has 1 aliphatic carbocycles. The highest BCUT2D eigenvalue weighted by molar-refractivity contribution is 5.95. The lowest BCUT2D eigenvalue weighted by molar-refractivity contribution is 0.324. The number of benzene rings is 1. The van der Waals surface area contributed by atoms with Crippen LogP contribution in [0.5, 0.6) is 11.8 Å². The van der Waals surface area contributed by atoms with Gasteiger partial charge in [-0.05, 0) is 63.4 Å². The molecule has 4 aromatic rings. The molecule has 1 N–H and O–H groups in total. The van der Waals surface area contributed by atoms with Crippen molar-refractivity contribution < 1.29 is 4.74 Å². The molecular weight excluding hydrogens is 400 g/mol. The average molecular weight is 425 g/mol. The van der Waals surface area contributed by atoms with Gasteiger partial charge in [0.1, 0.15) is 17.6 Å². The SMILES string of the molecule is CC(C)Nc1ccc(-c2c(C#N)c3ccc(Oc4ncccn4)cc3n2C2CCC2)cn1. The Kier molecular flexibility index (Phi) is 5.20. The lowest BCUT2D eigenvalue weighted by Gasteiger charge is -2.30. The first-order valence-corrected chi connectivity index (χ1v) is 10.9. The molecule has 7 heteroatoms. The molecule has 0 spiro atoms. The van der Waals surface area contributed by atoms with E-state index in [0.717, 1.165) is 40.8 Å². The zero-order valence-electron chi connectivity index (χ0n) is 18.1. The minimum atomic E-state index is 0.298. The van der Waals surface area contributed by atoms with E-state index in [1.54, 1.807) is 18.5 Å². The van der Waals surface area contributed by atoms with Gasteiger partial charge in [-0.15, -0.1) is 0 Å². The van der Waals surface area contributed by atoms with Crippen molar-refractivity contribution in [3.05, 3.63) is 60.6 Å². The molecule has 1 aliphatic rings. The molecule has 160 valence electrons. The third kappa shape index (κ3) is 3.65. The molecule has 0 saturated heterocycles. The van der Waals surface area contributed by atoms with Crippen molar-refractivity contribution in [2.45, 2.75) is 45.2 Å². The molecule has 1 fully saturated rings. The molecule has 3 heterocycles. The average Bonchev–Trinajstić information content (AvgIpc) is 3.07. The van der Waals surface area contributed by atoms with Crippen LogP contribution in [0, 0.1) is 11.3 Å². The van der Waals surface area contributed by atoms with Crippen molar-refractivity contribution in [3.8, 4) is 29.1 Å². The maximum absolute atomic E-state index is 10.1. The van der Waals surface area contributed by atoms with E-state index in [-0.39, 0.29) is 0 Å². The minimum Gasteiger partial charge on any atom is -0.424 e. The van der Waals surface area contributed by atoms with Gasteiger partial charge in [0.25, 0.3) is 0 Å². The standard InChI is InChI=1S/C25H24N6O/c1-16(2)30-23-10-7-17(15-29-23)24-21(14-26)20-9-8-19(32-25-27-11-4-12-28-25)13-22(20)31(24)18-5-3-6-18/h4,7-13,15-16,18H,3,5-6H2,1-2H3,(H,29,30). The van der Waals surface area contributed by atoms with Gasteiger partial charge in [-0.25, -0.2) is 15.0 Å². The lowest BCUT2D eigenvalue weighted by atomic mass is 9.92. The number of nitrogens with zero attached hydrogens (tertiary/aromatic N) is 5. The number of hydrogen-bond acceptors (Lipinski definition) is 6. The Morgan fingerprint density at radius 3 is 2.56 bits per heavy atom. The predicted octanol–water partition coefficient (Wildman–Crippen LogP) is 5.70. The van der Waals surface area contributed by atoms with E-state index >= 15 is 0 Å². The first-order valence-electron chi connectivity index (χ1n) is 10.9. The van der Waals surface area contributed by atoms with Gasteiger partial charge in [0.15, 0.2) is 0 Å². The van der Waals surface area contributed by atoms with Crippen molar-refractivity contribution in [1.82, 2.24) is 19.5 Å². The molecule has 0 unspecified atom stereocenters. The highest BCUT2D eigenvalue weighted by Gasteiger charge is 2.28. The van der Waals surface area contributed by atoms with Crippen molar-refractivity contribution in [1.29, 1.82) is 5.26 Å². The normalized spacial score (nSPS) is 13.7. The van der Waals surface area contributed by atoms with Gasteiger partial charge in [-0.3, -0.25) is 0 Å². The van der Waals surface area contributed by atoms with Crippen LogP contribution in [0.2, 0.25) is 0 Å². The van der Waals surface area contributed by atoms with Crippen LogP contribution >= 0.6 is 0 Å². The van der Waals surface area contributed by atoms with Gasteiger partial charge in [0.2, 0.25) is 0 Å². The first-order chi connectivity index (χ1) is 15.6. The fraction of sp³-hybridized carbons (Fsp3) is 0.280. The summed E-state index contributed by atoms with van der Waals surface area (Å²) in [5, 5.41) is 14.3. The van der Waals surface area contributed by atoms with E-state index in [2.05, 4.69) is 44.8 Å². The van der Waals surface area contributed by atoms with Crippen molar-refractivity contribution in [2.24, 2.45) is 0 Å². The molecule has 0 atom stereocenters. The van der Waals surface area contributed by atoms with Crippen LogP contribution in [-0.4, -0.2) is 25.6 Å². The smallest absolute Gasteiger partial charge is 0.321 e. The number of ether oxygens (including phenoxy) is 1. The van der Waals surface area contributed by atoms with Gasteiger partial charge in [0.05, 0.1) is 16.8 Å². The fourth-order valence-corrected chi connectivity index (χ4v) is 4.13. The number of nitrogens with one attached hydrogen (secondary N) is 1. The molecule has 1 saturated carbocycles. The predicted molar refractivity (Wildman–Crippen MR) is 124 cm³/mol. The van der Waals surface area contributed by atoms with Crippen LogP contribution in [0.4, 0.5) is 5.82 Å². The number of aromatic nitrogens is 4. The van der Waals surface area contributed by atoms with Crippen LogP contribution in [-0.2, 0) is 0 Å². The van der Waals surface area contributed by atoms with E-state index in [0.29, 0.717) is 29.4 Å². The summed E-state index contributed by atoms with van der Waals surface area (Å²) in [7, 11) is 0. The van der Waals surface area contributed by atoms with Crippen LogP contribution in [0.3, 0.4) is 0 Å². The second-order valence-electron chi connectivity index (χ2n) is 8.33. The number of nitriles is 1. The number of anilines is 1. The highest BCUT2D eigenvalue weighted by atomic mass is 16.5. The maximum atomic E-state index is 10.1. The summed E-state index contributed by atoms with van der Waals surface area (Å²) in [5.41, 5.74) is 3.51. The Balaban J connectivity index is 1.64. The summed E-state index contributed by atoms with van der Waals surface area (Å²) >= 11 is 0. The summed E-state index contributed by atoms with van der Waals surface area (Å²) in [4.78, 5) is 12.9. The highest BCUT2D eigenvalue weighted by Crippen LogP contribution is 2.43. The minimum absolute atomic E-state index is 0.298. The molecule has 0 aliphatic heterocycles. The van der Waals surface area contributed by atoms with Crippen LogP contribution in [0.25, 0.3) is 22.2 Å². The lowest BCUT2D eigenvalue weighted by Crippen LogP contribution is -2.18. The summed E-state index contributed by atoms with van der Waals surface area (Å²) in [5.74, 6) is 1.47. The van der Waals surface area contributed by atoms with Crippen LogP contribution in [0.1, 0.15) is 44.7 Å². The Morgan fingerprint density at radius 1 is 1.12 bits per heavy atom. The monoisotopic (exact) mass is 424 g/mol. The molecule has 0 amide bonds. The van der Waals surface area contributed by atoms with Gasteiger partial charge < -0.3 is 14.6 Å². The zero-order valence-corrected chi connectivity index (χ0v) is 18.1. The van der Waals surface area contributed by atoms with E-state index in [9.17, 15) is 5.26 Å².